The average Bonchev–Trinajstić information content (AvgIpc) is 2.99. The second-order valence-corrected chi connectivity index (χ2v) is 9.47. The Kier molecular flexibility index (Phi) is 7.64. The number of rotatable bonds is 8. The first kappa shape index (κ1) is 27.3. The molecule has 1 aliphatic heterocycles. The minimum absolute atomic E-state index is 0.105. The van der Waals surface area contributed by atoms with Gasteiger partial charge in [-0.1, -0.05) is 42.5 Å². The van der Waals surface area contributed by atoms with Crippen LogP contribution in [0.25, 0.3) is 0 Å². The lowest BCUT2D eigenvalue weighted by molar-refractivity contribution is -0.384. The molecule has 1 heterocycles. The van der Waals surface area contributed by atoms with Crippen molar-refractivity contribution in [2.45, 2.75) is 18.5 Å². The molecule has 0 aromatic heterocycles. The summed E-state index contributed by atoms with van der Waals surface area (Å²) in [5.41, 5.74) is 2.12. The maximum absolute atomic E-state index is 14.2. The Morgan fingerprint density at radius 1 is 0.976 bits per heavy atom. The fourth-order valence-electron chi connectivity index (χ4n) is 5.13. The number of nitrogens with zero attached hydrogens (tertiary/aromatic N) is 2. The molecule has 41 heavy (non-hydrogen) atoms. The normalized spacial score (nSPS) is 16.1. The fourth-order valence-corrected chi connectivity index (χ4v) is 5.13. The maximum Gasteiger partial charge on any atom is 0.271 e. The molecule has 0 bridgehead atoms. The van der Waals surface area contributed by atoms with Crippen molar-refractivity contribution < 1.29 is 28.4 Å². The summed E-state index contributed by atoms with van der Waals surface area (Å²) in [4.78, 5) is 40.6. The van der Waals surface area contributed by atoms with Crippen LogP contribution in [0.15, 0.2) is 91.0 Å². The molecule has 0 unspecified atom stereocenters. The van der Waals surface area contributed by atoms with E-state index < -0.39 is 28.6 Å². The molecular weight excluding hydrogens is 529 g/mol. The number of carbonyl (C=O) groups excluding carboxylic acids is 2. The molecule has 0 aliphatic carbocycles. The summed E-state index contributed by atoms with van der Waals surface area (Å²) in [5, 5.41) is 14.3. The van der Waals surface area contributed by atoms with Gasteiger partial charge in [0.25, 0.3) is 11.6 Å². The molecule has 208 valence electrons. The summed E-state index contributed by atoms with van der Waals surface area (Å²) in [6, 6.07) is 22.9. The van der Waals surface area contributed by atoms with Crippen molar-refractivity contribution in [3.63, 3.8) is 0 Å². The van der Waals surface area contributed by atoms with E-state index in [1.165, 1.54) is 37.4 Å². The molecule has 0 radical (unpaired) electrons. The van der Waals surface area contributed by atoms with E-state index in [-0.39, 0.29) is 29.6 Å². The van der Waals surface area contributed by atoms with Crippen LogP contribution < -0.4 is 14.8 Å². The van der Waals surface area contributed by atoms with Gasteiger partial charge in [-0.15, -0.1) is 0 Å². The van der Waals surface area contributed by atoms with Gasteiger partial charge in [-0.3, -0.25) is 19.7 Å². The Morgan fingerprint density at radius 2 is 1.68 bits per heavy atom. The van der Waals surface area contributed by atoms with E-state index in [9.17, 15) is 24.1 Å². The number of nitro groups is 1. The highest BCUT2D eigenvalue weighted by Crippen LogP contribution is 2.45. The van der Waals surface area contributed by atoms with Crippen molar-refractivity contribution in [1.82, 2.24) is 4.90 Å². The highest BCUT2D eigenvalue weighted by Gasteiger charge is 2.44. The van der Waals surface area contributed by atoms with E-state index in [1.807, 2.05) is 0 Å². The van der Waals surface area contributed by atoms with Gasteiger partial charge in [0.2, 0.25) is 5.91 Å². The molecule has 0 saturated heterocycles. The summed E-state index contributed by atoms with van der Waals surface area (Å²) in [5.74, 6) is -1.26. The van der Waals surface area contributed by atoms with E-state index in [0.29, 0.717) is 28.0 Å². The molecule has 0 spiro atoms. The number of hydrogen-bond donors (Lipinski definition) is 1. The Labute approximate surface area is 235 Å². The molecule has 4 aromatic carbocycles. The van der Waals surface area contributed by atoms with Gasteiger partial charge < -0.3 is 19.7 Å². The Balaban J connectivity index is 1.64. The van der Waals surface area contributed by atoms with Crippen LogP contribution in [-0.4, -0.2) is 35.9 Å². The fraction of sp³-hybridized carbons (Fsp3) is 0.161. The SMILES string of the molecule is COc1ccc([C@@H]2[C@@H](C(=O)Nc3cc([N+](=O)[O-])ccc3OC)c3ccccc3C(=O)N2Cc2ccc(F)cc2)cc1. The van der Waals surface area contributed by atoms with Crippen LogP contribution in [0, 0.1) is 15.9 Å². The smallest absolute Gasteiger partial charge is 0.271 e. The summed E-state index contributed by atoms with van der Waals surface area (Å²) in [6.45, 7) is 0.105. The lowest BCUT2D eigenvalue weighted by Gasteiger charge is -2.42. The van der Waals surface area contributed by atoms with E-state index in [2.05, 4.69) is 5.32 Å². The zero-order valence-corrected chi connectivity index (χ0v) is 22.2. The van der Waals surface area contributed by atoms with E-state index in [4.69, 9.17) is 9.47 Å². The average molecular weight is 556 g/mol. The second-order valence-electron chi connectivity index (χ2n) is 9.47. The molecule has 2 atom stereocenters. The topological polar surface area (TPSA) is 111 Å². The van der Waals surface area contributed by atoms with Gasteiger partial charge in [-0.2, -0.15) is 0 Å². The van der Waals surface area contributed by atoms with Gasteiger partial charge in [0.15, 0.2) is 0 Å². The molecule has 9 nitrogen and oxygen atoms in total. The van der Waals surface area contributed by atoms with Gasteiger partial charge in [-0.25, -0.2) is 4.39 Å². The van der Waals surface area contributed by atoms with Crippen LogP contribution in [0.5, 0.6) is 11.5 Å². The van der Waals surface area contributed by atoms with Crippen LogP contribution in [0.3, 0.4) is 0 Å². The Bertz CT molecular complexity index is 1610. The zero-order chi connectivity index (χ0) is 29.1. The molecule has 10 heteroatoms. The first-order valence-electron chi connectivity index (χ1n) is 12.7. The number of nitrogens with one attached hydrogen (secondary N) is 1. The summed E-state index contributed by atoms with van der Waals surface area (Å²) in [7, 11) is 2.94. The molecule has 0 saturated carbocycles. The van der Waals surface area contributed by atoms with Crippen LogP contribution in [0.4, 0.5) is 15.8 Å². The third kappa shape index (κ3) is 5.44. The monoisotopic (exact) mass is 555 g/mol. The largest absolute Gasteiger partial charge is 0.497 e. The highest BCUT2D eigenvalue weighted by atomic mass is 19.1. The molecule has 4 aromatic rings. The molecule has 1 N–H and O–H groups in total. The summed E-state index contributed by atoms with van der Waals surface area (Å²) >= 11 is 0. The van der Waals surface area contributed by atoms with Gasteiger partial charge in [-0.05, 0) is 53.1 Å². The number of benzene rings is 4. The van der Waals surface area contributed by atoms with Crippen LogP contribution in [0.1, 0.15) is 39.0 Å². The minimum Gasteiger partial charge on any atom is -0.497 e. The lowest BCUT2D eigenvalue weighted by Crippen LogP contribution is -2.45. The molecule has 1 aliphatic rings. The second kappa shape index (κ2) is 11.5. The number of fused-ring (bicyclic) bond motifs is 1. The highest BCUT2D eigenvalue weighted by molar-refractivity contribution is 6.05. The predicted molar refractivity (Wildman–Crippen MR) is 149 cm³/mol. The van der Waals surface area contributed by atoms with Crippen molar-refractivity contribution >= 4 is 23.2 Å². The van der Waals surface area contributed by atoms with Crippen molar-refractivity contribution in [3.05, 3.63) is 129 Å². The summed E-state index contributed by atoms with van der Waals surface area (Å²) < 4.78 is 24.3. The Hall–Kier alpha value is -5.25. The number of carbonyl (C=O) groups is 2. The number of nitro benzene ring substituents is 1. The number of anilines is 1. The number of ether oxygens (including phenoxy) is 2. The van der Waals surface area contributed by atoms with E-state index in [0.717, 1.165) is 0 Å². The quantitative estimate of drug-likeness (QED) is 0.215. The van der Waals surface area contributed by atoms with Crippen molar-refractivity contribution in [2.24, 2.45) is 0 Å². The third-order valence-electron chi connectivity index (χ3n) is 7.10. The minimum atomic E-state index is -0.915. The van der Waals surface area contributed by atoms with Gasteiger partial charge in [0.05, 0.1) is 36.8 Å². The van der Waals surface area contributed by atoms with Crippen LogP contribution in [-0.2, 0) is 11.3 Å². The van der Waals surface area contributed by atoms with Gasteiger partial charge in [0, 0.05) is 24.2 Å². The molecule has 0 fully saturated rings. The number of methoxy groups -OCH3 is 2. The standard InChI is InChI=1S/C31H26FN3O6/c1-40-23-14-9-20(10-15-23)29-28(30(36)33-26-17-22(35(38)39)13-16-27(26)41-2)24-5-3-4-6-25(24)31(37)34(29)18-19-7-11-21(32)12-8-19/h3-17,28-29H,18H2,1-2H3,(H,33,36)/t28-,29+/m0/s1. The third-order valence-corrected chi connectivity index (χ3v) is 7.10. The first-order valence-corrected chi connectivity index (χ1v) is 12.7. The van der Waals surface area contributed by atoms with Crippen molar-refractivity contribution in [1.29, 1.82) is 0 Å². The van der Waals surface area contributed by atoms with Crippen LogP contribution >= 0.6 is 0 Å². The van der Waals surface area contributed by atoms with E-state index >= 15 is 0 Å². The predicted octanol–water partition coefficient (Wildman–Crippen LogP) is 5.87. The van der Waals surface area contributed by atoms with Crippen molar-refractivity contribution in [2.75, 3.05) is 19.5 Å². The zero-order valence-electron chi connectivity index (χ0n) is 22.2. The number of halogens is 1. The Morgan fingerprint density at radius 3 is 2.34 bits per heavy atom. The number of hydrogen-bond acceptors (Lipinski definition) is 6. The van der Waals surface area contributed by atoms with Gasteiger partial charge in [0.1, 0.15) is 17.3 Å². The van der Waals surface area contributed by atoms with Gasteiger partial charge >= 0.3 is 0 Å². The van der Waals surface area contributed by atoms with E-state index in [1.54, 1.807) is 72.7 Å². The summed E-state index contributed by atoms with van der Waals surface area (Å²) in [6.07, 6.45) is 0. The number of non-ortho nitro benzene ring substituents is 1. The first-order chi connectivity index (χ1) is 19.8. The van der Waals surface area contributed by atoms with Crippen molar-refractivity contribution in [3.8, 4) is 11.5 Å². The number of amides is 2. The van der Waals surface area contributed by atoms with Crippen LogP contribution in [0.2, 0.25) is 0 Å². The maximum atomic E-state index is 14.2. The molecule has 2 amide bonds. The lowest BCUT2D eigenvalue weighted by atomic mass is 9.79. The molecular formula is C31H26FN3O6. The molecule has 5 rings (SSSR count).